The molecule has 0 atom stereocenters. The topological polar surface area (TPSA) is 70.8 Å². The van der Waals surface area contributed by atoms with Gasteiger partial charge >= 0.3 is 5.97 Å². The molecule has 20 heavy (non-hydrogen) atoms. The summed E-state index contributed by atoms with van der Waals surface area (Å²) in [6.45, 7) is 2.60. The van der Waals surface area contributed by atoms with Gasteiger partial charge in [-0.2, -0.15) is 0 Å². The first-order valence-electron chi connectivity index (χ1n) is 6.26. The van der Waals surface area contributed by atoms with Crippen LogP contribution in [0.2, 0.25) is 0 Å². The van der Waals surface area contributed by atoms with E-state index in [4.69, 9.17) is 9.52 Å². The van der Waals surface area contributed by atoms with Crippen molar-refractivity contribution >= 4 is 11.9 Å². The van der Waals surface area contributed by atoms with Gasteiger partial charge < -0.3 is 14.4 Å². The summed E-state index contributed by atoms with van der Waals surface area (Å²) < 4.78 is 5.16. The van der Waals surface area contributed by atoms with Crippen molar-refractivity contribution in [2.75, 3.05) is 0 Å². The fourth-order valence-electron chi connectivity index (χ4n) is 2.43. The summed E-state index contributed by atoms with van der Waals surface area (Å²) in [6, 6.07) is 8.96. The smallest absolute Gasteiger partial charge is 0.371 e. The minimum atomic E-state index is -1.10. The lowest BCUT2D eigenvalue weighted by molar-refractivity contribution is 0.0660. The van der Waals surface area contributed by atoms with Gasteiger partial charge in [-0.3, -0.25) is 4.79 Å². The molecule has 5 heteroatoms. The number of benzene rings is 1. The number of carbonyl (C=O) groups excluding carboxylic acids is 1. The molecular formula is C15H13NO4. The third-order valence-electron chi connectivity index (χ3n) is 3.49. The summed E-state index contributed by atoms with van der Waals surface area (Å²) in [4.78, 5) is 24.8. The van der Waals surface area contributed by atoms with Gasteiger partial charge in [0.1, 0.15) is 5.76 Å². The first-order chi connectivity index (χ1) is 9.56. The highest BCUT2D eigenvalue weighted by molar-refractivity contribution is 5.98. The molecule has 0 radical (unpaired) electrons. The maximum Gasteiger partial charge on any atom is 0.371 e. The van der Waals surface area contributed by atoms with Crippen LogP contribution in [0.15, 0.2) is 34.7 Å². The van der Waals surface area contributed by atoms with Crippen molar-refractivity contribution in [1.82, 2.24) is 4.90 Å². The number of aromatic carboxylic acids is 1. The van der Waals surface area contributed by atoms with E-state index in [0.717, 1.165) is 11.1 Å². The SMILES string of the molecule is Cc1oc(C(=O)O)cc1CN1Cc2ccccc2C1=O. The van der Waals surface area contributed by atoms with Crippen LogP contribution in [0.5, 0.6) is 0 Å². The predicted octanol–water partition coefficient (Wildman–Crippen LogP) is 2.44. The minimum Gasteiger partial charge on any atom is -0.475 e. The van der Waals surface area contributed by atoms with Crippen LogP contribution in [0.25, 0.3) is 0 Å². The number of carboxylic acids is 1. The standard InChI is InChI=1S/C15H13NO4/c1-9-11(6-13(20-9)15(18)19)8-16-7-10-4-2-3-5-12(10)14(16)17/h2-6H,7-8H2,1H3,(H,18,19). The fraction of sp³-hybridized carbons (Fsp3) is 0.200. The van der Waals surface area contributed by atoms with Crippen molar-refractivity contribution in [3.63, 3.8) is 0 Å². The lowest BCUT2D eigenvalue weighted by atomic mass is 10.1. The normalized spacial score (nSPS) is 13.7. The average Bonchev–Trinajstić information content (AvgIpc) is 2.93. The Morgan fingerprint density at radius 2 is 2.15 bits per heavy atom. The van der Waals surface area contributed by atoms with Gasteiger partial charge in [0.2, 0.25) is 5.76 Å². The van der Waals surface area contributed by atoms with Gasteiger partial charge in [-0.05, 0) is 24.6 Å². The number of fused-ring (bicyclic) bond motifs is 1. The van der Waals surface area contributed by atoms with Crippen LogP contribution in [-0.2, 0) is 13.1 Å². The molecular weight excluding hydrogens is 258 g/mol. The Labute approximate surface area is 115 Å². The third kappa shape index (κ3) is 1.97. The zero-order chi connectivity index (χ0) is 14.3. The Bertz CT molecular complexity index is 702. The fourth-order valence-corrected chi connectivity index (χ4v) is 2.43. The quantitative estimate of drug-likeness (QED) is 0.930. The molecule has 2 aromatic rings. The van der Waals surface area contributed by atoms with E-state index in [1.807, 2.05) is 24.3 Å². The maximum atomic E-state index is 12.2. The Hall–Kier alpha value is -2.56. The van der Waals surface area contributed by atoms with Crippen molar-refractivity contribution in [3.8, 4) is 0 Å². The second kappa shape index (κ2) is 4.52. The molecule has 3 rings (SSSR count). The highest BCUT2D eigenvalue weighted by atomic mass is 16.4. The van der Waals surface area contributed by atoms with Crippen molar-refractivity contribution in [2.24, 2.45) is 0 Å². The van der Waals surface area contributed by atoms with Crippen molar-refractivity contribution in [3.05, 3.63) is 58.5 Å². The molecule has 1 amide bonds. The van der Waals surface area contributed by atoms with Crippen molar-refractivity contribution in [1.29, 1.82) is 0 Å². The number of nitrogens with zero attached hydrogens (tertiary/aromatic N) is 1. The van der Waals surface area contributed by atoms with Gasteiger partial charge in [0.25, 0.3) is 5.91 Å². The largest absolute Gasteiger partial charge is 0.475 e. The van der Waals surface area contributed by atoms with Crippen LogP contribution in [0.3, 0.4) is 0 Å². The number of aryl methyl sites for hydroxylation is 1. The van der Waals surface area contributed by atoms with Gasteiger partial charge in [0.15, 0.2) is 0 Å². The monoisotopic (exact) mass is 271 g/mol. The zero-order valence-corrected chi connectivity index (χ0v) is 10.9. The van der Waals surface area contributed by atoms with Crippen molar-refractivity contribution in [2.45, 2.75) is 20.0 Å². The molecule has 102 valence electrons. The van der Waals surface area contributed by atoms with E-state index in [-0.39, 0.29) is 11.7 Å². The Morgan fingerprint density at radius 1 is 1.40 bits per heavy atom. The van der Waals surface area contributed by atoms with Crippen LogP contribution in [0.1, 0.15) is 37.8 Å². The van der Waals surface area contributed by atoms with Crippen LogP contribution in [0, 0.1) is 6.92 Å². The van der Waals surface area contributed by atoms with E-state index in [9.17, 15) is 9.59 Å². The molecule has 2 heterocycles. The van der Waals surface area contributed by atoms with E-state index in [1.165, 1.54) is 6.07 Å². The molecule has 0 aliphatic carbocycles. The first kappa shape index (κ1) is 12.5. The molecule has 0 saturated carbocycles. The Balaban J connectivity index is 1.84. The number of rotatable bonds is 3. The number of carboxylic acid groups (broad SMARTS) is 1. The number of amides is 1. The summed E-state index contributed by atoms with van der Waals surface area (Å²) >= 11 is 0. The molecule has 1 aromatic heterocycles. The molecule has 0 spiro atoms. The maximum absolute atomic E-state index is 12.2. The summed E-state index contributed by atoms with van der Waals surface area (Å²) in [5.74, 6) is -0.693. The second-order valence-electron chi connectivity index (χ2n) is 4.82. The number of carbonyl (C=O) groups is 2. The number of hydrogen-bond acceptors (Lipinski definition) is 3. The molecule has 0 bridgehead atoms. The average molecular weight is 271 g/mol. The van der Waals surface area contributed by atoms with Gasteiger partial charge in [-0.1, -0.05) is 18.2 Å². The Kier molecular flexibility index (Phi) is 2.82. The highest BCUT2D eigenvalue weighted by Crippen LogP contribution is 2.25. The lowest BCUT2D eigenvalue weighted by Gasteiger charge is -2.14. The molecule has 1 aliphatic heterocycles. The molecule has 0 unspecified atom stereocenters. The molecule has 1 aliphatic rings. The number of furan rings is 1. The summed E-state index contributed by atoms with van der Waals surface area (Å²) in [7, 11) is 0. The summed E-state index contributed by atoms with van der Waals surface area (Å²) in [6.07, 6.45) is 0. The summed E-state index contributed by atoms with van der Waals surface area (Å²) in [5, 5.41) is 8.90. The Morgan fingerprint density at radius 3 is 2.80 bits per heavy atom. The highest BCUT2D eigenvalue weighted by Gasteiger charge is 2.28. The van der Waals surface area contributed by atoms with Gasteiger partial charge in [-0.15, -0.1) is 0 Å². The van der Waals surface area contributed by atoms with E-state index < -0.39 is 5.97 Å². The van der Waals surface area contributed by atoms with Crippen LogP contribution >= 0.6 is 0 Å². The molecule has 5 nitrogen and oxygen atoms in total. The van der Waals surface area contributed by atoms with Crippen LogP contribution in [-0.4, -0.2) is 21.9 Å². The molecule has 0 fully saturated rings. The molecule has 1 N–H and O–H groups in total. The second-order valence-corrected chi connectivity index (χ2v) is 4.82. The lowest BCUT2D eigenvalue weighted by Crippen LogP contribution is -2.23. The van der Waals surface area contributed by atoms with E-state index >= 15 is 0 Å². The minimum absolute atomic E-state index is 0.0296. The first-order valence-corrected chi connectivity index (χ1v) is 6.26. The van der Waals surface area contributed by atoms with Gasteiger partial charge in [0.05, 0.1) is 0 Å². The molecule has 1 aromatic carbocycles. The van der Waals surface area contributed by atoms with Crippen LogP contribution in [0.4, 0.5) is 0 Å². The van der Waals surface area contributed by atoms with Gasteiger partial charge in [-0.25, -0.2) is 4.79 Å². The van der Waals surface area contributed by atoms with E-state index in [1.54, 1.807) is 11.8 Å². The van der Waals surface area contributed by atoms with Crippen molar-refractivity contribution < 1.29 is 19.1 Å². The van der Waals surface area contributed by atoms with E-state index in [0.29, 0.717) is 24.4 Å². The predicted molar refractivity (Wildman–Crippen MR) is 70.4 cm³/mol. The third-order valence-corrected chi connectivity index (χ3v) is 3.49. The zero-order valence-electron chi connectivity index (χ0n) is 10.9. The van der Waals surface area contributed by atoms with E-state index in [2.05, 4.69) is 0 Å². The van der Waals surface area contributed by atoms with Crippen LogP contribution < -0.4 is 0 Å². The van der Waals surface area contributed by atoms with Gasteiger partial charge in [0, 0.05) is 24.2 Å². The number of hydrogen-bond donors (Lipinski definition) is 1. The summed E-state index contributed by atoms with van der Waals surface area (Å²) in [5.41, 5.74) is 2.44. The molecule has 0 saturated heterocycles.